The van der Waals surface area contributed by atoms with Crippen LogP contribution in [0.15, 0.2) is 12.1 Å². The molecule has 1 atom stereocenters. The van der Waals surface area contributed by atoms with Gasteiger partial charge in [-0.3, -0.25) is 0 Å². The van der Waals surface area contributed by atoms with Crippen molar-refractivity contribution in [1.82, 2.24) is 0 Å². The van der Waals surface area contributed by atoms with E-state index < -0.39 is 12.0 Å². The second-order valence-electron chi connectivity index (χ2n) is 4.68. The van der Waals surface area contributed by atoms with Crippen LogP contribution in [0, 0.1) is 5.82 Å². The fourth-order valence-corrected chi connectivity index (χ4v) is 2.18. The number of halogens is 2. The molecule has 0 heterocycles. The molecule has 0 bridgehead atoms. The van der Waals surface area contributed by atoms with Gasteiger partial charge in [-0.25, -0.2) is 8.78 Å². The van der Waals surface area contributed by atoms with Crippen molar-refractivity contribution in [3.63, 3.8) is 0 Å². The monoisotopic (exact) mass is 241 g/mol. The average Bonchev–Trinajstić information content (AvgIpc) is 3.08. The average molecular weight is 241 g/mol. The van der Waals surface area contributed by atoms with Crippen molar-refractivity contribution in [1.29, 1.82) is 0 Å². The smallest absolute Gasteiger partial charge is 0.165 e. The Morgan fingerprint density at radius 3 is 2.53 bits per heavy atom. The Morgan fingerprint density at radius 1 is 1.47 bits per heavy atom. The van der Waals surface area contributed by atoms with Crippen LogP contribution in [-0.2, 0) is 5.41 Å². The number of hydrogen-bond acceptors (Lipinski definition) is 2. The molecule has 1 aliphatic carbocycles. The molecule has 0 aliphatic heterocycles. The number of ether oxygens (including phenoxy) is 1. The lowest BCUT2D eigenvalue weighted by atomic mass is 9.92. The van der Waals surface area contributed by atoms with Crippen LogP contribution in [0.25, 0.3) is 0 Å². The quantitative estimate of drug-likeness (QED) is 0.879. The van der Waals surface area contributed by atoms with E-state index in [1.165, 1.54) is 20.1 Å². The van der Waals surface area contributed by atoms with Gasteiger partial charge in [0.2, 0.25) is 0 Å². The maximum atomic E-state index is 13.8. The highest BCUT2D eigenvalue weighted by Crippen LogP contribution is 2.51. The van der Waals surface area contributed by atoms with Crippen molar-refractivity contribution in [2.75, 3.05) is 13.7 Å². The molecule has 2 rings (SSSR count). The third-order valence-electron chi connectivity index (χ3n) is 3.55. The number of hydrogen-bond donors (Lipinski definition) is 1. The van der Waals surface area contributed by atoms with Crippen LogP contribution in [0.3, 0.4) is 0 Å². The Hall–Kier alpha value is -1.16. The summed E-state index contributed by atoms with van der Waals surface area (Å²) >= 11 is 0. The summed E-state index contributed by atoms with van der Waals surface area (Å²) in [6.07, 6.45) is 0.620. The van der Waals surface area contributed by atoms with Gasteiger partial charge in [0.15, 0.2) is 11.6 Å². The summed E-state index contributed by atoms with van der Waals surface area (Å²) in [5, 5.41) is 0. The number of benzene rings is 1. The molecule has 0 amide bonds. The van der Waals surface area contributed by atoms with Crippen LogP contribution >= 0.6 is 0 Å². The van der Waals surface area contributed by atoms with Gasteiger partial charge in [-0.15, -0.1) is 0 Å². The van der Waals surface area contributed by atoms with Gasteiger partial charge in [-0.1, -0.05) is 0 Å². The molecule has 1 saturated carbocycles. The molecule has 1 aliphatic rings. The molecule has 1 unspecified atom stereocenters. The molecule has 1 fully saturated rings. The lowest BCUT2D eigenvalue weighted by Crippen LogP contribution is -2.21. The molecule has 0 radical (unpaired) electrons. The number of methoxy groups -OCH3 is 1. The Morgan fingerprint density at radius 2 is 2.12 bits per heavy atom. The number of nitrogens with two attached hydrogens (primary N) is 1. The fraction of sp³-hybridized carbons (Fsp3) is 0.538. The molecule has 94 valence electrons. The van der Waals surface area contributed by atoms with Crippen molar-refractivity contribution in [2.24, 2.45) is 5.73 Å². The topological polar surface area (TPSA) is 35.2 Å². The SMILES string of the molecule is COc1c(F)cc(C(C)F)cc1C1(CN)CC1. The van der Waals surface area contributed by atoms with Gasteiger partial charge in [0.1, 0.15) is 6.17 Å². The summed E-state index contributed by atoms with van der Waals surface area (Å²) in [5.74, 6) is -0.304. The van der Waals surface area contributed by atoms with Crippen LogP contribution in [0.2, 0.25) is 0 Å². The van der Waals surface area contributed by atoms with Crippen LogP contribution in [0.1, 0.15) is 37.1 Å². The van der Waals surface area contributed by atoms with Crippen LogP contribution < -0.4 is 10.5 Å². The summed E-state index contributed by atoms with van der Waals surface area (Å²) in [4.78, 5) is 0. The van der Waals surface area contributed by atoms with Gasteiger partial charge in [0.05, 0.1) is 7.11 Å². The van der Waals surface area contributed by atoms with Gasteiger partial charge in [0, 0.05) is 17.5 Å². The molecule has 2 nitrogen and oxygen atoms in total. The molecule has 0 spiro atoms. The van der Waals surface area contributed by atoms with Crippen LogP contribution in [-0.4, -0.2) is 13.7 Å². The standard InChI is InChI=1S/C13H17F2NO/c1-8(14)9-5-10(13(7-16)3-4-13)12(17-2)11(15)6-9/h5-6,8H,3-4,7,16H2,1-2H3. The zero-order chi connectivity index (χ0) is 12.6. The van der Waals surface area contributed by atoms with Crippen LogP contribution in [0.4, 0.5) is 8.78 Å². The third-order valence-corrected chi connectivity index (χ3v) is 3.55. The van der Waals surface area contributed by atoms with E-state index in [1.807, 2.05) is 0 Å². The zero-order valence-corrected chi connectivity index (χ0v) is 10.1. The first kappa shape index (κ1) is 12.3. The van der Waals surface area contributed by atoms with Crippen molar-refractivity contribution in [3.05, 3.63) is 29.1 Å². The normalized spacial score (nSPS) is 18.9. The lowest BCUT2D eigenvalue weighted by molar-refractivity contribution is 0.360. The van der Waals surface area contributed by atoms with E-state index in [0.717, 1.165) is 12.8 Å². The van der Waals surface area contributed by atoms with Crippen molar-refractivity contribution in [3.8, 4) is 5.75 Å². The predicted octanol–water partition coefficient (Wildman–Crippen LogP) is 2.86. The highest BCUT2D eigenvalue weighted by Gasteiger charge is 2.45. The Labute approximate surface area is 99.8 Å². The van der Waals surface area contributed by atoms with Gasteiger partial charge in [-0.05, 0) is 37.5 Å². The van der Waals surface area contributed by atoms with Crippen molar-refractivity contribution < 1.29 is 13.5 Å². The molecule has 17 heavy (non-hydrogen) atoms. The van der Waals surface area contributed by atoms with Gasteiger partial charge in [-0.2, -0.15) is 0 Å². The summed E-state index contributed by atoms with van der Waals surface area (Å²) < 4.78 is 32.2. The fourth-order valence-electron chi connectivity index (χ4n) is 2.18. The van der Waals surface area contributed by atoms with Gasteiger partial charge >= 0.3 is 0 Å². The third kappa shape index (κ3) is 2.02. The Kier molecular flexibility index (Phi) is 3.08. The molecular weight excluding hydrogens is 224 g/mol. The van der Waals surface area contributed by atoms with E-state index in [1.54, 1.807) is 6.07 Å². The second-order valence-corrected chi connectivity index (χ2v) is 4.68. The minimum absolute atomic E-state index is 0.206. The predicted molar refractivity (Wildman–Crippen MR) is 62.4 cm³/mol. The van der Waals surface area contributed by atoms with E-state index in [0.29, 0.717) is 17.7 Å². The number of rotatable bonds is 4. The minimum atomic E-state index is -1.19. The van der Waals surface area contributed by atoms with E-state index in [2.05, 4.69) is 0 Å². The van der Waals surface area contributed by atoms with E-state index in [9.17, 15) is 8.78 Å². The summed E-state index contributed by atoms with van der Waals surface area (Å²) in [7, 11) is 1.42. The lowest BCUT2D eigenvalue weighted by Gasteiger charge is -2.19. The second kappa shape index (κ2) is 4.26. The highest BCUT2D eigenvalue weighted by molar-refractivity contribution is 5.47. The largest absolute Gasteiger partial charge is 0.493 e. The van der Waals surface area contributed by atoms with E-state index >= 15 is 0 Å². The first-order chi connectivity index (χ1) is 8.04. The van der Waals surface area contributed by atoms with E-state index in [4.69, 9.17) is 10.5 Å². The Bertz CT molecular complexity index is 428. The molecule has 0 aromatic heterocycles. The van der Waals surface area contributed by atoms with Crippen LogP contribution in [0.5, 0.6) is 5.75 Å². The Balaban J connectivity index is 2.55. The van der Waals surface area contributed by atoms with Gasteiger partial charge in [0.25, 0.3) is 0 Å². The van der Waals surface area contributed by atoms with E-state index in [-0.39, 0.29) is 11.2 Å². The minimum Gasteiger partial charge on any atom is -0.493 e. The highest BCUT2D eigenvalue weighted by atomic mass is 19.1. The molecular formula is C13H17F2NO. The maximum Gasteiger partial charge on any atom is 0.165 e. The zero-order valence-electron chi connectivity index (χ0n) is 10.1. The molecule has 0 saturated heterocycles. The van der Waals surface area contributed by atoms with Gasteiger partial charge < -0.3 is 10.5 Å². The van der Waals surface area contributed by atoms with Crippen molar-refractivity contribution in [2.45, 2.75) is 31.4 Å². The first-order valence-corrected chi connectivity index (χ1v) is 5.76. The molecule has 4 heteroatoms. The summed E-state index contributed by atoms with van der Waals surface area (Å²) in [6.45, 7) is 1.83. The molecule has 2 N–H and O–H groups in total. The summed E-state index contributed by atoms with van der Waals surface area (Å²) in [6, 6.07) is 2.88. The summed E-state index contributed by atoms with van der Waals surface area (Å²) in [5.41, 5.74) is 6.57. The molecule has 1 aromatic rings. The maximum absolute atomic E-state index is 13.8. The number of alkyl halides is 1. The first-order valence-electron chi connectivity index (χ1n) is 5.76. The molecule has 1 aromatic carbocycles. The van der Waals surface area contributed by atoms with Crippen molar-refractivity contribution >= 4 is 0 Å².